The van der Waals surface area contributed by atoms with E-state index >= 15 is 0 Å². The molecular weight excluding hydrogens is 244 g/mol. The van der Waals surface area contributed by atoms with Crippen LogP contribution in [0.1, 0.15) is 63.1 Å². The zero-order valence-corrected chi connectivity index (χ0v) is 13.3. The van der Waals surface area contributed by atoms with Crippen molar-refractivity contribution in [1.82, 2.24) is 4.90 Å². The molecule has 2 heteroatoms. The molecule has 1 aromatic carbocycles. The van der Waals surface area contributed by atoms with Crippen molar-refractivity contribution in [1.29, 1.82) is 0 Å². The summed E-state index contributed by atoms with van der Waals surface area (Å²) < 4.78 is 0. The van der Waals surface area contributed by atoms with Crippen LogP contribution < -0.4 is 5.73 Å². The van der Waals surface area contributed by atoms with E-state index in [0.717, 1.165) is 19.0 Å². The molecule has 112 valence electrons. The van der Waals surface area contributed by atoms with Crippen molar-refractivity contribution in [2.24, 2.45) is 5.73 Å². The van der Waals surface area contributed by atoms with Gasteiger partial charge in [0.2, 0.25) is 0 Å². The van der Waals surface area contributed by atoms with Gasteiger partial charge in [0.25, 0.3) is 0 Å². The van der Waals surface area contributed by atoms with Crippen LogP contribution in [0, 0.1) is 6.92 Å². The van der Waals surface area contributed by atoms with E-state index < -0.39 is 0 Å². The summed E-state index contributed by atoms with van der Waals surface area (Å²) in [4.78, 5) is 2.66. The highest BCUT2D eigenvalue weighted by Crippen LogP contribution is 2.33. The summed E-state index contributed by atoms with van der Waals surface area (Å²) in [6.45, 7) is 7.72. The molecule has 0 aromatic heterocycles. The zero-order valence-electron chi connectivity index (χ0n) is 13.3. The molecule has 1 saturated carbocycles. The quantitative estimate of drug-likeness (QED) is 0.848. The van der Waals surface area contributed by atoms with Gasteiger partial charge in [-0.2, -0.15) is 0 Å². The molecule has 2 rings (SSSR count). The van der Waals surface area contributed by atoms with E-state index in [1.807, 2.05) is 0 Å². The lowest BCUT2D eigenvalue weighted by atomic mass is 9.94. The maximum Gasteiger partial charge on any atom is 0.0501 e. The highest BCUT2D eigenvalue weighted by molar-refractivity contribution is 5.25. The molecular formula is C18H30N2. The van der Waals surface area contributed by atoms with Crippen molar-refractivity contribution >= 4 is 0 Å². The number of hydrogen-bond acceptors (Lipinski definition) is 2. The first-order valence-corrected chi connectivity index (χ1v) is 8.25. The van der Waals surface area contributed by atoms with Crippen LogP contribution in [0.15, 0.2) is 24.3 Å². The topological polar surface area (TPSA) is 29.3 Å². The Morgan fingerprint density at radius 1 is 1.15 bits per heavy atom. The Labute approximate surface area is 124 Å². The first-order chi connectivity index (χ1) is 9.67. The fraction of sp³-hybridized carbons (Fsp3) is 0.667. The highest BCUT2D eigenvalue weighted by atomic mass is 15.2. The Morgan fingerprint density at radius 3 is 2.25 bits per heavy atom. The Bertz CT molecular complexity index is 392. The lowest BCUT2D eigenvalue weighted by Gasteiger charge is -2.39. The van der Waals surface area contributed by atoms with Gasteiger partial charge < -0.3 is 5.73 Å². The van der Waals surface area contributed by atoms with Crippen molar-refractivity contribution in [2.45, 2.75) is 71.0 Å². The minimum Gasteiger partial charge on any atom is -0.326 e. The molecule has 2 atom stereocenters. The highest BCUT2D eigenvalue weighted by Gasteiger charge is 2.31. The molecule has 0 amide bonds. The normalized spacial score (nSPS) is 19.4. The predicted molar refractivity (Wildman–Crippen MR) is 86.8 cm³/mol. The van der Waals surface area contributed by atoms with Crippen LogP contribution in [-0.2, 0) is 0 Å². The first kappa shape index (κ1) is 15.5. The van der Waals surface area contributed by atoms with Gasteiger partial charge in [0.1, 0.15) is 0 Å². The average Bonchev–Trinajstić information content (AvgIpc) is 2.99. The van der Waals surface area contributed by atoms with E-state index in [2.05, 4.69) is 49.9 Å². The van der Waals surface area contributed by atoms with Crippen molar-refractivity contribution in [3.05, 3.63) is 35.4 Å². The maximum absolute atomic E-state index is 6.49. The van der Waals surface area contributed by atoms with Gasteiger partial charge in [0.15, 0.2) is 0 Å². The van der Waals surface area contributed by atoms with Crippen LogP contribution in [0.3, 0.4) is 0 Å². The molecule has 1 aliphatic rings. The maximum atomic E-state index is 6.49. The van der Waals surface area contributed by atoms with Gasteiger partial charge in [-0.1, -0.05) is 56.5 Å². The Balaban J connectivity index is 2.27. The lowest BCUT2D eigenvalue weighted by Crippen LogP contribution is -2.45. The second-order valence-corrected chi connectivity index (χ2v) is 6.20. The Hall–Kier alpha value is -0.860. The molecule has 2 unspecified atom stereocenters. The van der Waals surface area contributed by atoms with Gasteiger partial charge in [0.05, 0.1) is 6.04 Å². The Morgan fingerprint density at radius 2 is 1.75 bits per heavy atom. The summed E-state index contributed by atoms with van der Waals surface area (Å²) >= 11 is 0. The fourth-order valence-electron chi connectivity index (χ4n) is 3.59. The van der Waals surface area contributed by atoms with E-state index in [0.29, 0.717) is 6.04 Å². The van der Waals surface area contributed by atoms with Crippen molar-refractivity contribution in [2.75, 3.05) is 6.54 Å². The number of likely N-dealkylation sites (N-methyl/N-ethyl adjacent to an activating group) is 1. The number of nitrogens with zero attached hydrogens (tertiary/aromatic N) is 1. The summed E-state index contributed by atoms with van der Waals surface area (Å²) in [5, 5.41) is 0. The number of benzene rings is 1. The number of hydrogen-bond donors (Lipinski definition) is 1. The third-order valence-corrected chi connectivity index (χ3v) is 4.81. The van der Waals surface area contributed by atoms with Crippen molar-refractivity contribution in [3.63, 3.8) is 0 Å². The molecule has 1 aromatic rings. The van der Waals surface area contributed by atoms with Crippen LogP contribution in [0.5, 0.6) is 0 Å². The van der Waals surface area contributed by atoms with Crippen LogP contribution in [0.25, 0.3) is 0 Å². The monoisotopic (exact) mass is 274 g/mol. The number of nitrogens with two attached hydrogens (primary N) is 1. The third kappa shape index (κ3) is 3.42. The van der Waals surface area contributed by atoms with Gasteiger partial charge in [-0.3, -0.25) is 4.90 Å². The van der Waals surface area contributed by atoms with E-state index in [9.17, 15) is 0 Å². The molecule has 1 aliphatic carbocycles. The summed E-state index contributed by atoms with van der Waals surface area (Å²) in [6.07, 6.45) is 6.47. The summed E-state index contributed by atoms with van der Waals surface area (Å²) in [7, 11) is 0. The largest absolute Gasteiger partial charge is 0.326 e. The van der Waals surface area contributed by atoms with Gasteiger partial charge in [-0.25, -0.2) is 0 Å². The predicted octanol–water partition coefficient (Wildman–Crippen LogP) is 4.04. The summed E-state index contributed by atoms with van der Waals surface area (Å²) in [6, 6.07) is 10.3. The second kappa shape index (κ2) is 7.24. The molecule has 0 saturated heterocycles. The fourth-order valence-corrected chi connectivity index (χ4v) is 3.59. The third-order valence-electron chi connectivity index (χ3n) is 4.81. The van der Waals surface area contributed by atoms with Crippen LogP contribution in [-0.4, -0.2) is 23.5 Å². The molecule has 2 nitrogen and oxygen atoms in total. The zero-order chi connectivity index (χ0) is 14.5. The van der Waals surface area contributed by atoms with Gasteiger partial charge >= 0.3 is 0 Å². The Kier molecular flexibility index (Phi) is 5.62. The molecule has 0 radical (unpaired) electrons. The summed E-state index contributed by atoms with van der Waals surface area (Å²) in [5.41, 5.74) is 9.20. The smallest absolute Gasteiger partial charge is 0.0501 e. The number of aryl methyl sites for hydroxylation is 1. The number of rotatable bonds is 6. The molecule has 0 bridgehead atoms. The van der Waals surface area contributed by atoms with Crippen LogP contribution in [0.4, 0.5) is 0 Å². The van der Waals surface area contributed by atoms with E-state index in [4.69, 9.17) is 5.73 Å². The average molecular weight is 274 g/mol. The van der Waals surface area contributed by atoms with Crippen LogP contribution >= 0.6 is 0 Å². The van der Waals surface area contributed by atoms with Crippen molar-refractivity contribution < 1.29 is 0 Å². The van der Waals surface area contributed by atoms with Crippen LogP contribution in [0.2, 0.25) is 0 Å². The molecule has 0 aliphatic heterocycles. The minimum absolute atomic E-state index is 0.221. The second-order valence-electron chi connectivity index (χ2n) is 6.20. The summed E-state index contributed by atoms with van der Waals surface area (Å²) in [5.74, 6) is 0. The molecule has 2 N–H and O–H groups in total. The van der Waals surface area contributed by atoms with E-state index in [-0.39, 0.29) is 6.04 Å². The van der Waals surface area contributed by atoms with E-state index in [1.165, 1.54) is 36.8 Å². The van der Waals surface area contributed by atoms with Crippen molar-refractivity contribution in [3.8, 4) is 0 Å². The molecule has 20 heavy (non-hydrogen) atoms. The standard InChI is InChI=1S/C18H30N2/c1-4-17(19)18(15-12-10-14(3)11-13-15)20(5-2)16-8-6-7-9-16/h10-13,16-18H,4-9,19H2,1-3H3. The first-order valence-electron chi connectivity index (χ1n) is 8.25. The molecule has 0 heterocycles. The van der Waals surface area contributed by atoms with Gasteiger partial charge in [0, 0.05) is 12.1 Å². The van der Waals surface area contributed by atoms with Gasteiger partial charge in [-0.15, -0.1) is 0 Å². The SMILES string of the molecule is CCC(N)C(c1ccc(C)cc1)N(CC)C1CCCC1. The van der Waals surface area contributed by atoms with Gasteiger partial charge in [-0.05, 0) is 38.3 Å². The minimum atomic E-state index is 0.221. The lowest BCUT2D eigenvalue weighted by molar-refractivity contribution is 0.121. The molecule has 1 fully saturated rings. The van der Waals surface area contributed by atoms with E-state index in [1.54, 1.807) is 0 Å². The molecule has 0 spiro atoms.